The molecule has 13 heteroatoms. The van der Waals surface area contributed by atoms with Crippen molar-refractivity contribution in [2.45, 2.75) is 33.1 Å². The molecule has 2 rings (SSSR count). The van der Waals surface area contributed by atoms with Gasteiger partial charge in [0.2, 0.25) is 0 Å². The van der Waals surface area contributed by atoms with E-state index in [0.29, 0.717) is 12.1 Å². The van der Waals surface area contributed by atoms with Crippen LogP contribution in [0.2, 0.25) is 0 Å². The lowest BCUT2D eigenvalue weighted by Gasteiger charge is -2.26. The molecule has 2 aromatic carbocycles. The van der Waals surface area contributed by atoms with E-state index in [1.165, 1.54) is 0 Å². The van der Waals surface area contributed by atoms with Crippen molar-refractivity contribution in [3.63, 3.8) is 0 Å². The number of halogens is 6. The molecular weight excluding hydrogens is 478 g/mol. The smallest absolute Gasteiger partial charge is 0.452 e. The van der Waals surface area contributed by atoms with Crippen LogP contribution in [0.5, 0.6) is 0 Å². The molecule has 0 unspecified atom stereocenters. The van der Waals surface area contributed by atoms with Gasteiger partial charge in [0.1, 0.15) is 0 Å². The molecular formula is C20H16F6O6Si. The van der Waals surface area contributed by atoms with Crippen molar-refractivity contribution in [2.75, 3.05) is 0 Å². The van der Waals surface area contributed by atoms with E-state index in [1.54, 1.807) is 0 Å². The minimum atomic E-state index is -5.03. The molecule has 178 valence electrons. The SMILES string of the molecule is CC(=O)O[Si](OC(C)=O)(OC(C)=O)c1ccc(-c2cc(C(F)(F)F)cc(C(F)(F)F)c2)cc1. The van der Waals surface area contributed by atoms with Gasteiger partial charge in [0.25, 0.3) is 17.9 Å². The number of hydrogen-bond donors (Lipinski definition) is 0. The molecule has 0 bridgehead atoms. The van der Waals surface area contributed by atoms with E-state index in [1.807, 2.05) is 0 Å². The fourth-order valence-corrected chi connectivity index (χ4v) is 4.98. The number of hydrogen-bond acceptors (Lipinski definition) is 6. The molecule has 0 saturated carbocycles. The van der Waals surface area contributed by atoms with Crippen molar-refractivity contribution in [3.05, 3.63) is 53.6 Å². The molecule has 0 aliphatic rings. The Kier molecular flexibility index (Phi) is 7.26. The Hall–Kier alpha value is -3.35. The number of alkyl halides is 6. The van der Waals surface area contributed by atoms with Crippen molar-refractivity contribution in [1.82, 2.24) is 0 Å². The van der Waals surface area contributed by atoms with Gasteiger partial charge >= 0.3 is 21.2 Å². The maximum absolute atomic E-state index is 13.1. The minimum Gasteiger partial charge on any atom is -0.452 e. The van der Waals surface area contributed by atoms with Crippen LogP contribution in [0.15, 0.2) is 42.5 Å². The Balaban J connectivity index is 2.63. The highest BCUT2D eigenvalue weighted by molar-refractivity contribution is 6.79. The second-order valence-corrected chi connectivity index (χ2v) is 9.01. The quantitative estimate of drug-likeness (QED) is 0.458. The van der Waals surface area contributed by atoms with E-state index in [4.69, 9.17) is 13.3 Å². The zero-order chi connectivity index (χ0) is 25.2. The predicted molar refractivity (Wildman–Crippen MR) is 103 cm³/mol. The van der Waals surface area contributed by atoms with Gasteiger partial charge in [-0.25, -0.2) is 0 Å². The summed E-state index contributed by atoms with van der Waals surface area (Å²) in [6, 6.07) is 5.54. The van der Waals surface area contributed by atoms with E-state index in [-0.39, 0.29) is 16.8 Å². The zero-order valence-corrected chi connectivity index (χ0v) is 18.3. The third-order valence-electron chi connectivity index (χ3n) is 3.99. The fourth-order valence-electron chi connectivity index (χ4n) is 2.80. The molecule has 0 fully saturated rings. The van der Waals surface area contributed by atoms with Gasteiger partial charge in [-0.2, -0.15) is 26.3 Å². The van der Waals surface area contributed by atoms with E-state index in [0.717, 1.165) is 45.0 Å². The van der Waals surface area contributed by atoms with E-state index < -0.39 is 55.8 Å². The molecule has 0 aromatic heterocycles. The van der Waals surface area contributed by atoms with Crippen molar-refractivity contribution in [1.29, 1.82) is 0 Å². The van der Waals surface area contributed by atoms with Gasteiger partial charge in [0, 0.05) is 20.8 Å². The molecule has 2 aromatic rings. The highest BCUT2D eigenvalue weighted by Crippen LogP contribution is 2.38. The van der Waals surface area contributed by atoms with E-state index >= 15 is 0 Å². The third-order valence-corrected chi connectivity index (χ3v) is 6.70. The summed E-state index contributed by atoms with van der Waals surface area (Å²) in [6.07, 6.45) is -10.1. The van der Waals surface area contributed by atoms with Crippen molar-refractivity contribution in [3.8, 4) is 11.1 Å². The molecule has 0 spiro atoms. The van der Waals surface area contributed by atoms with Gasteiger partial charge < -0.3 is 13.3 Å². The summed E-state index contributed by atoms with van der Waals surface area (Å²) in [5.41, 5.74) is -3.46. The summed E-state index contributed by atoms with van der Waals surface area (Å²) in [6.45, 7) is 2.89. The molecule has 0 atom stereocenters. The molecule has 6 nitrogen and oxygen atoms in total. The van der Waals surface area contributed by atoms with Gasteiger partial charge in [0.05, 0.1) is 16.3 Å². The lowest BCUT2D eigenvalue weighted by atomic mass is 9.99. The lowest BCUT2D eigenvalue weighted by molar-refractivity contribution is -0.147. The highest BCUT2D eigenvalue weighted by atomic mass is 28.4. The Morgan fingerprint density at radius 1 is 0.636 bits per heavy atom. The van der Waals surface area contributed by atoms with Gasteiger partial charge in [-0.05, 0) is 29.3 Å². The maximum atomic E-state index is 13.1. The molecule has 0 radical (unpaired) electrons. The monoisotopic (exact) mass is 494 g/mol. The second kappa shape index (κ2) is 9.25. The third kappa shape index (κ3) is 6.57. The average Bonchev–Trinajstić information content (AvgIpc) is 2.64. The van der Waals surface area contributed by atoms with Crippen molar-refractivity contribution in [2.24, 2.45) is 0 Å². The molecule has 0 N–H and O–H groups in total. The highest BCUT2D eigenvalue weighted by Gasteiger charge is 2.54. The lowest BCUT2D eigenvalue weighted by Crippen LogP contribution is -2.59. The van der Waals surface area contributed by atoms with Crippen LogP contribution in [0.1, 0.15) is 31.9 Å². The average molecular weight is 494 g/mol. The molecule has 0 heterocycles. The van der Waals surface area contributed by atoms with Crippen LogP contribution in [0.25, 0.3) is 11.1 Å². The summed E-state index contributed by atoms with van der Waals surface area (Å²) in [7, 11) is -4.47. The number of carbonyl (C=O) groups excluding carboxylic acids is 3. The van der Waals surface area contributed by atoms with Gasteiger partial charge in [-0.15, -0.1) is 0 Å². The van der Waals surface area contributed by atoms with Crippen molar-refractivity contribution < 1.29 is 54.0 Å². The molecule has 0 aliphatic heterocycles. The van der Waals surface area contributed by atoms with Crippen LogP contribution in [-0.2, 0) is 40.0 Å². The Bertz CT molecular complexity index is 989. The molecule has 33 heavy (non-hydrogen) atoms. The first-order valence-electron chi connectivity index (χ1n) is 9.02. The molecule has 0 amide bonds. The number of carbonyl (C=O) groups is 3. The van der Waals surface area contributed by atoms with Crippen LogP contribution < -0.4 is 5.19 Å². The van der Waals surface area contributed by atoms with Crippen LogP contribution in [-0.4, -0.2) is 26.7 Å². The summed E-state index contributed by atoms with van der Waals surface area (Å²) in [4.78, 5) is 34.7. The van der Waals surface area contributed by atoms with Crippen LogP contribution >= 0.6 is 0 Å². The molecule has 0 saturated heterocycles. The first-order chi connectivity index (χ1) is 15.0. The first kappa shape index (κ1) is 25.9. The van der Waals surface area contributed by atoms with Crippen molar-refractivity contribution >= 4 is 31.9 Å². The van der Waals surface area contributed by atoms with Gasteiger partial charge in [-0.3, -0.25) is 14.4 Å². The van der Waals surface area contributed by atoms with Crippen LogP contribution in [0.3, 0.4) is 0 Å². The normalized spacial score (nSPS) is 12.2. The molecule has 0 aliphatic carbocycles. The number of rotatable bonds is 5. The zero-order valence-electron chi connectivity index (χ0n) is 17.3. The minimum absolute atomic E-state index is 0.00208. The van der Waals surface area contributed by atoms with Gasteiger partial charge in [-0.1, -0.05) is 24.3 Å². The Morgan fingerprint density at radius 3 is 1.30 bits per heavy atom. The van der Waals surface area contributed by atoms with Crippen LogP contribution in [0.4, 0.5) is 26.3 Å². The summed E-state index contributed by atoms with van der Waals surface area (Å²) < 4.78 is 93.9. The van der Waals surface area contributed by atoms with Gasteiger partial charge in [0.15, 0.2) is 0 Å². The maximum Gasteiger partial charge on any atom is 0.742 e. The topological polar surface area (TPSA) is 78.9 Å². The Labute approximate surface area is 184 Å². The number of benzene rings is 2. The summed E-state index contributed by atoms with van der Waals surface area (Å²) >= 11 is 0. The predicted octanol–water partition coefficient (Wildman–Crippen LogP) is 4.23. The summed E-state index contributed by atoms with van der Waals surface area (Å²) in [5, 5.41) is -0.102. The fraction of sp³-hybridized carbons (Fsp3) is 0.250. The van der Waals surface area contributed by atoms with E-state index in [9.17, 15) is 40.7 Å². The second-order valence-electron chi connectivity index (χ2n) is 6.71. The van der Waals surface area contributed by atoms with E-state index in [2.05, 4.69) is 0 Å². The van der Waals surface area contributed by atoms with Crippen LogP contribution in [0, 0.1) is 0 Å². The first-order valence-corrected chi connectivity index (χ1v) is 10.7. The summed E-state index contributed by atoms with van der Waals surface area (Å²) in [5.74, 6) is -2.87. The largest absolute Gasteiger partial charge is 0.742 e. The Morgan fingerprint density at radius 2 is 1.00 bits per heavy atom. The standard InChI is InChI=1S/C20H16F6O6Si/c1-11(27)30-33(31-12(2)28,32-13(3)29)18-6-4-14(5-7-18)15-8-16(19(21,22)23)10-17(9-15)20(24,25)26/h4-10H,1-3H3.